The molecule has 0 spiro atoms. The fraction of sp³-hybridized carbons (Fsp3) is 0.259. The standard InChI is InChI=1S/C27H30N2O3/c1-17(2)19-8-6-10-22(14-19)28-26(30)21-12-13-25(32-5)24(16-21)27(31)29-23-11-7-9-20(15-23)18(3)4/h6-18H,1-5H3,(H,28,30)(H,29,31). The Bertz CT molecular complexity index is 1120. The SMILES string of the molecule is COc1ccc(C(=O)Nc2cccc(C(C)C)c2)cc1C(=O)Nc1cccc(C(C)C)c1. The van der Waals surface area contributed by atoms with Gasteiger partial charge in [0.25, 0.3) is 11.8 Å². The van der Waals surface area contributed by atoms with Crippen molar-refractivity contribution in [2.75, 3.05) is 17.7 Å². The van der Waals surface area contributed by atoms with Gasteiger partial charge in [-0.25, -0.2) is 0 Å². The van der Waals surface area contributed by atoms with E-state index in [0.717, 1.165) is 11.1 Å². The second kappa shape index (κ2) is 10.1. The predicted molar refractivity (Wildman–Crippen MR) is 130 cm³/mol. The van der Waals surface area contributed by atoms with Crippen LogP contribution >= 0.6 is 0 Å². The van der Waals surface area contributed by atoms with Gasteiger partial charge in [0, 0.05) is 16.9 Å². The van der Waals surface area contributed by atoms with Crippen LogP contribution in [0.15, 0.2) is 66.7 Å². The van der Waals surface area contributed by atoms with Gasteiger partial charge in [0.15, 0.2) is 0 Å². The lowest BCUT2D eigenvalue weighted by molar-refractivity contribution is 0.102. The molecule has 2 N–H and O–H groups in total. The molecule has 0 unspecified atom stereocenters. The largest absolute Gasteiger partial charge is 0.496 e. The van der Waals surface area contributed by atoms with Gasteiger partial charge < -0.3 is 15.4 Å². The second-order valence-corrected chi connectivity index (χ2v) is 8.38. The van der Waals surface area contributed by atoms with Crippen LogP contribution in [0.5, 0.6) is 5.75 Å². The average Bonchev–Trinajstić information content (AvgIpc) is 2.78. The van der Waals surface area contributed by atoms with Gasteiger partial charge in [-0.1, -0.05) is 52.0 Å². The van der Waals surface area contributed by atoms with Crippen molar-refractivity contribution in [3.8, 4) is 5.75 Å². The van der Waals surface area contributed by atoms with E-state index in [9.17, 15) is 9.59 Å². The van der Waals surface area contributed by atoms with E-state index in [-0.39, 0.29) is 11.8 Å². The summed E-state index contributed by atoms with van der Waals surface area (Å²) < 4.78 is 5.37. The van der Waals surface area contributed by atoms with Crippen LogP contribution in [-0.4, -0.2) is 18.9 Å². The maximum atomic E-state index is 13.0. The molecule has 3 aromatic rings. The fourth-order valence-corrected chi connectivity index (χ4v) is 3.38. The number of ether oxygens (including phenoxy) is 1. The maximum Gasteiger partial charge on any atom is 0.259 e. The van der Waals surface area contributed by atoms with Crippen molar-refractivity contribution in [2.24, 2.45) is 0 Å². The molecule has 0 aliphatic heterocycles. The van der Waals surface area contributed by atoms with Crippen molar-refractivity contribution in [1.29, 1.82) is 0 Å². The van der Waals surface area contributed by atoms with E-state index >= 15 is 0 Å². The first kappa shape index (κ1) is 23.1. The predicted octanol–water partition coefficient (Wildman–Crippen LogP) is 6.45. The third-order valence-electron chi connectivity index (χ3n) is 5.33. The molecule has 0 atom stereocenters. The van der Waals surface area contributed by atoms with Crippen LogP contribution in [0, 0.1) is 0 Å². The van der Waals surface area contributed by atoms with Crippen LogP contribution < -0.4 is 15.4 Å². The normalized spacial score (nSPS) is 10.8. The first-order valence-corrected chi connectivity index (χ1v) is 10.8. The number of benzene rings is 3. The molecule has 0 aliphatic carbocycles. The third kappa shape index (κ3) is 5.55. The minimum absolute atomic E-state index is 0.288. The van der Waals surface area contributed by atoms with Gasteiger partial charge in [-0.3, -0.25) is 9.59 Å². The Kier molecular flexibility index (Phi) is 7.31. The highest BCUT2D eigenvalue weighted by Crippen LogP contribution is 2.24. The lowest BCUT2D eigenvalue weighted by Gasteiger charge is -2.13. The summed E-state index contributed by atoms with van der Waals surface area (Å²) in [6, 6.07) is 20.3. The van der Waals surface area contributed by atoms with Crippen molar-refractivity contribution in [3.63, 3.8) is 0 Å². The van der Waals surface area contributed by atoms with Crippen LogP contribution in [-0.2, 0) is 0 Å². The molecule has 3 rings (SSSR count). The van der Waals surface area contributed by atoms with E-state index in [1.165, 1.54) is 7.11 Å². The molecule has 0 saturated heterocycles. The van der Waals surface area contributed by atoms with E-state index in [1.807, 2.05) is 48.5 Å². The monoisotopic (exact) mass is 430 g/mol. The zero-order chi connectivity index (χ0) is 23.3. The minimum Gasteiger partial charge on any atom is -0.496 e. The topological polar surface area (TPSA) is 67.4 Å². The Balaban J connectivity index is 1.83. The van der Waals surface area contributed by atoms with Crippen molar-refractivity contribution in [2.45, 2.75) is 39.5 Å². The summed E-state index contributed by atoms with van der Waals surface area (Å²) in [6.45, 7) is 8.41. The number of nitrogens with one attached hydrogen (secondary N) is 2. The summed E-state index contributed by atoms with van der Waals surface area (Å²) in [4.78, 5) is 25.9. The van der Waals surface area contributed by atoms with Crippen molar-refractivity contribution >= 4 is 23.2 Å². The molecular weight excluding hydrogens is 400 g/mol. The molecule has 0 heterocycles. The molecule has 0 saturated carbocycles. The Morgan fingerprint density at radius 2 is 1.25 bits per heavy atom. The number of hydrogen-bond acceptors (Lipinski definition) is 3. The zero-order valence-electron chi connectivity index (χ0n) is 19.2. The van der Waals surface area contributed by atoms with E-state index in [0.29, 0.717) is 40.1 Å². The number of carbonyl (C=O) groups excluding carboxylic acids is 2. The van der Waals surface area contributed by atoms with E-state index in [4.69, 9.17) is 4.74 Å². The van der Waals surface area contributed by atoms with E-state index in [2.05, 4.69) is 38.3 Å². The summed E-state index contributed by atoms with van der Waals surface area (Å²) in [6.07, 6.45) is 0. The van der Waals surface area contributed by atoms with Crippen molar-refractivity contribution in [1.82, 2.24) is 0 Å². The number of amides is 2. The van der Waals surface area contributed by atoms with Gasteiger partial charge in [-0.2, -0.15) is 0 Å². The lowest BCUT2D eigenvalue weighted by Crippen LogP contribution is -2.17. The zero-order valence-corrected chi connectivity index (χ0v) is 19.2. The Labute approximate surface area is 189 Å². The van der Waals surface area contributed by atoms with Gasteiger partial charge in [-0.05, 0) is 65.4 Å². The average molecular weight is 431 g/mol. The Hall–Kier alpha value is -3.60. The summed E-state index contributed by atoms with van der Waals surface area (Å²) in [5.74, 6) is 0.490. The van der Waals surface area contributed by atoms with Gasteiger partial charge in [0.2, 0.25) is 0 Å². The van der Waals surface area contributed by atoms with Crippen LogP contribution in [0.2, 0.25) is 0 Å². The van der Waals surface area contributed by atoms with Crippen molar-refractivity contribution in [3.05, 3.63) is 89.0 Å². The molecule has 166 valence electrons. The van der Waals surface area contributed by atoms with Crippen LogP contribution in [0.4, 0.5) is 11.4 Å². The first-order valence-electron chi connectivity index (χ1n) is 10.8. The lowest BCUT2D eigenvalue weighted by atomic mass is 10.0. The Morgan fingerprint density at radius 1 is 0.719 bits per heavy atom. The fourth-order valence-electron chi connectivity index (χ4n) is 3.38. The van der Waals surface area contributed by atoms with Gasteiger partial charge in [0.05, 0.1) is 12.7 Å². The molecule has 0 fully saturated rings. The molecular formula is C27H30N2O3. The molecule has 0 aliphatic rings. The highest BCUT2D eigenvalue weighted by atomic mass is 16.5. The summed E-state index contributed by atoms with van der Waals surface area (Å²) in [5, 5.41) is 5.83. The minimum atomic E-state index is -0.334. The Morgan fingerprint density at radius 3 is 1.75 bits per heavy atom. The first-order chi connectivity index (χ1) is 15.3. The molecule has 5 nitrogen and oxygen atoms in total. The highest BCUT2D eigenvalue weighted by molar-refractivity contribution is 6.10. The summed E-state index contributed by atoms with van der Waals surface area (Å²) in [5.41, 5.74) is 4.36. The van der Waals surface area contributed by atoms with Gasteiger partial charge in [0.1, 0.15) is 5.75 Å². The van der Waals surface area contributed by atoms with Crippen LogP contribution in [0.1, 0.15) is 71.4 Å². The second-order valence-electron chi connectivity index (χ2n) is 8.38. The number of rotatable bonds is 7. The third-order valence-corrected chi connectivity index (χ3v) is 5.33. The maximum absolute atomic E-state index is 13.0. The number of carbonyl (C=O) groups is 2. The van der Waals surface area contributed by atoms with E-state index < -0.39 is 0 Å². The summed E-state index contributed by atoms with van der Waals surface area (Å²) in [7, 11) is 1.50. The summed E-state index contributed by atoms with van der Waals surface area (Å²) >= 11 is 0. The molecule has 0 bridgehead atoms. The smallest absolute Gasteiger partial charge is 0.259 e. The molecule has 32 heavy (non-hydrogen) atoms. The van der Waals surface area contributed by atoms with Crippen LogP contribution in [0.25, 0.3) is 0 Å². The molecule has 5 heteroatoms. The number of methoxy groups -OCH3 is 1. The van der Waals surface area contributed by atoms with Crippen molar-refractivity contribution < 1.29 is 14.3 Å². The molecule has 3 aromatic carbocycles. The van der Waals surface area contributed by atoms with Gasteiger partial charge >= 0.3 is 0 Å². The molecule has 0 aromatic heterocycles. The number of hydrogen-bond donors (Lipinski definition) is 2. The van der Waals surface area contributed by atoms with Gasteiger partial charge in [-0.15, -0.1) is 0 Å². The highest BCUT2D eigenvalue weighted by Gasteiger charge is 2.17. The molecule has 0 radical (unpaired) electrons. The van der Waals surface area contributed by atoms with E-state index in [1.54, 1.807) is 18.2 Å². The number of anilines is 2. The van der Waals surface area contributed by atoms with Crippen LogP contribution in [0.3, 0.4) is 0 Å². The molecule has 2 amide bonds. The quantitative estimate of drug-likeness (QED) is 0.453.